The monoisotopic (exact) mass is 734 g/mol. The van der Waals surface area contributed by atoms with Crippen LogP contribution in [0.15, 0.2) is 24.3 Å². The van der Waals surface area contributed by atoms with Gasteiger partial charge >= 0.3 is 11.9 Å². The number of carboxylic acid groups (broad SMARTS) is 2. The molecule has 10 N–H and O–H groups in total. The van der Waals surface area contributed by atoms with Gasteiger partial charge in [-0.15, -0.1) is 0 Å². The average molecular weight is 735 g/mol. The zero-order valence-electron chi connectivity index (χ0n) is 30.8. The van der Waals surface area contributed by atoms with Gasteiger partial charge in [-0.05, 0) is 88.5 Å². The smallest absolute Gasteiger partial charge is 0.335 e. The Morgan fingerprint density at radius 1 is 0.635 bits per heavy atom. The number of carboxylic acids is 2. The SMILES string of the molecule is CCCNC(=O)[C@@H](N)CCCCNC(=O)[C@@H](N)CCCCNC(=O)CC[C@H](NC(=O)CCCCCCCCCOc1ccc(C(=O)O)cc1)C(=O)O. The third kappa shape index (κ3) is 22.6. The molecule has 0 saturated carbocycles. The predicted octanol–water partition coefficient (Wildman–Crippen LogP) is 2.99. The Kier molecular flexibility index (Phi) is 25.0. The minimum atomic E-state index is -1.19. The third-order valence-corrected chi connectivity index (χ3v) is 8.44. The molecule has 0 fully saturated rings. The van der Waals surface area contributed by atoms with Gasteiger partial charge in [-0.2, -0.15) is 0 Å². The summed E-state index contributed by atoms with van der Waals surface area (Å²) in [5, 5.41) is 29.3. The Morgan fingerprint density at radius 2 is 1.17 bits per heavy atom. The maximum atomic E-state index is 12.3. The van der Waals surface area contributed by atoms with Crippen LogP contribution in [0.25, 0.3) is 0 Å². The molecule has 0 spiro atoms. The molecule has 0 aliphatic rings. The normalized spacial score (nSPS) is 12.6. The topological polar surface area (TPSA) is 252 Å². The summed E-state index contributed by atoms with van der Waals surface area (Å²) in [6.45, 7) is 3.93. The molecule has 0 aliphatic heterocycles. The van der Waals surface area contributed by atoms with E-state index in [1.807, 2.05) is 6.92 Å². The van der Waals surface area contributed by atoms with Gasteiger partial charge in [0.2, 0.25) is 23.6 Å². The molecule has 0 radical (unpaired) electrons. The van der Waals surface area contributed by atoms with E-state index in [1.165, 1.54) is 12.1 Å². The molecular weight excluding hydrogens is 672 g/mol. The standard InChI is InChI=1S/C37H62N6O9/c1-2-23-41-34(46)29(38)15-10-12-25-42-35(47)30(39)14-9-11-24-40-32(44)22-21-31(37(50)51)43-33(45)16-8-6-4-3-5-7-13-26-52-28-19-17-27(18-20-28)36(48)49/h17-20,29-31H,2-16,21-26,38-39H2,1H3,(H,40,44)(H,41,46)(H,42,47)(H,43,45)(H,48,49)(H,50,51)/t29-,30-,31-/m0/s1. The number of hydrogen-bond donors (Lipinski definition) is 8. The summed E-state index contributed by atoms with van der Waals surface area (Å²) in [6, 6.07) is 3.94. The molecule has 0 aliphatic carbocycles. The number of carbonyl (C=O) groups excluding carboxylic acids is 4. The fraction of sp³-hybridized carbons (Fsp3) is 0.676. The molecule has 1 aromatic carbocycles. The van der Waals surface area contributed by atoms with E-state index in [2.05, 4.69) is 21.3 Å². The molecule has 0 aromatic heterocycles. The summed E-state index contributed by atoms with van der Waals surface area (Å²) >= 11 is 0. The van der Waals surface area contributed by atoms with Crippen LogP contribution in [-0.4, -0.2) is 90.1 Å². The molecule has 0 heterocycles. The summed E-state index contributed by atoms with van der Waals surface area (Å²) in [5.41, 5.74) is 12.1. The first-order valence-corrected chi connectivity index (χ1v) is 18.8. The first kappa shape index (κ1) is 45.8. The number of ether oxygens (including phenoxy) is 1. The number of amides is 4. The van der Waals surface area contributed by atoms with E-state index in [9.17, 15) is 33.9 Å². The molecule has 0 bridgehead atoms. The fourth-order valence-corrected chi connectivity index (χ4v) is 5.23. The van der Waals surface area contributed by atoms with Crippen molar-refractivity contribution in [1.82, 2.24) is 21.3 Å². The van der Waals surface area contributed by atoms with Gasteiger partial charge in [0, 0.05) is 32.5 Å². The van der Waals surface area contributed by atoms with Gasteiger partial charge in [0.05, 0.1) is 24.3 Å². The molecule has 15 nitrogen and oxygen atoms in total. The van der Waals surface area contributed by atoms with Gasteiger partial charge in [-0.3, -0.25) is 19.2 Å². The van der Waals surface area contributed by atoms with Gasteiger partial charge in [0.25, 0.3) is 0 Å². The van der Waals surface area contributed by atoms with Gasteiger partial charge in [-0.25, -0.2) is 9.59 Å². The lowest BCUT2D eigenvalue weighted by atomic mass is 10.1. The fourth-order valence-electron chi connectivity index (χ4n) is 5.23. The molecule has 0 unspecified atom stereocenters. The number of carbonyl (C=O) groups is 6. The number of hydrogen-bond acceptors (Lipinski definition) is 9. The van der Waals surface area contributed by atoms with Crippen molar-refractivity contribution in [3.8, 4) is 5.75 Å². The van der Waals surface area contributed by atoms with Crippen LogP contribution in [-0.2, 0) is 24.0 Å². The lowest BCUT2D eigenvalue weighted by Gasteiger charge is -2.15. The van der Waals surface area contributed by atoms with E-state index in [4.69, 9.17) is 21.3 Å². The lowest BCUT2D eigenvalue weighted by Crippen LogP contribution is -2.42. The van der Waals surface area contributed by atoms with Crippen LogP contribution in [0, 0.1) is 0 Å². The van der Waals surface area contributed by atoms with E-state index >= 15 is 0 Å². The van der Waals surface area contributed by atoms with E-state index in [1.54, 1.807) is 12.1 Å². The number of aromatic carboxylic acids is 1. The van der Waals surface area contributed by atoms with E-state index in [0.717, 1.165) is 44.9 Å². The van der Waals surface area contributed by atoms with Crippen LogP contribution in [0.4, 0.5) is 0 Å². The highest BCUT2D eigenvalue weighted by Crippen LogP contribution is 2.14. The highest BCUT2D eigenvalue weighted by molar-refractivity contribution is 5.87. The van der Waals surface area contributed by atoms with Crippen LogP contribution in [0.3, 0.4) is 0 Å². The number of benzene rings is 1. The summed E-state index contributed by atoms with van der Waals surface area (Å²) in [5.74, 6) is -2.60. The highest BCUT2D eigenvalue weighted by atomic mass is 16.5. The summed E-state index contributed by atoms with van der Waals surface area (Å²) < 4.78 is 5.63. The summed E-state index contributed by atoms with van der Waals surface area (Å²) in [6.07, 6.45) is 11.0. The number of nitrogens with two attached hydrogens (primary N) is 2. The Bertz CT molecular complexity index is 1210. The molecule has 1 rings (SSSR count). The van der Waals surface area contributed by atoms with Gasteiger partial charge in [-0.1, -0.05) is 39.0 Å². The van der Waals surface area contributed by atoms with Crippen molar-refractivity contribution in [2.24, 2.45) is 11.5 Å². The molecule has 0 saturated heterocycles. The number of unbranched alkanes of at least 4 members (excludes halogenated alkanes) is 8. The maximum absolute atomic E-state index is 12.3. The maximum Gasteiger partial charge on any atom is 0.335 e. The number of rotatable bonds is 31. The van der Waals surface area contributed by atoms with Gasteiger partial charge in [0.15, 0.2) is 0 Å². The average Bonchev–Trinajstić information content (AvgIpc) is 3.12. The second-order valence-corrected chi connectivity index (χ2v) is 13.0. The van der Waals surface area contributed by atoms with Crippen LogP contribution in [0.2, 0.25) is 0 Å². The van der Waals surface area contributed by atoms with E-state index in [0.29, 0.717) is 76.9 Å². The van der Waals surface area contributed by atoms with Crippen molar-refractivity contribution in [1.29, 1.82) is 0 Å². The van der Waals surface area contributed by atoms with Gasteiger partial charge < -0.3 is 47.7 Å². The third-order valence-electron chi connectivity index (χ3n) is 8.44. The molecular formula is C37H62N6O9. The van der Waals surface area contributed by atoms with Crippen LogP contribution in [0.1, 0.15) is 126 Å². The number of nitrogens with one attached hydrogen (secondary N) is 4. The van der Waals surface area contributed by atoms with Crippen molar-refractivity contribution in [3.63, 3.8) is 0 Å². The molecule has 294 valence electrons. The summed E-state index contributed by atoms with van der Waals surface area (Å²) in [4.78, 5) is 71.1. The van der Waals surface area contributed by atoms with Gasteiger partial charge in [0.1, 0.15) is 11.8 Å². The van der Waals surface area contributed by atoms with Crippen molar-refractivity contribution in [2.75, 3.05) is 26.2 Å². The van der Waals surface area contributed by atoms with Crippen LogP contribution in [0.5, 0.6) is 5.75 Å². The van der Waals surface area contributed by atoms with E-state index in [-0.39, 0.29) is 48.5 Å². The van der Waals surface area contributed by atoms with Crippen molar-refractivity contribution in [3.05, 3.63) is 29.8 Å². The minimum absolute atomic E-state index is 0.0205. The molecule has 15 heteroatoms. The largest absolute Gasteiger partial charge is 0.494 e. The van der Waals surface area contributed by atoms with Crippen molar-refractivity contribution < 1.29 is 43.7 Å². The molecule has 52 heavy (non-hydrogen) atoms. The Morgan fingerprint density at radius 3 is 1.73 bits per heavy atom. The molecule has 3 atom stereocenters. The minimum Gasteiger partial charge on any atom is -0.494 e. The quantitative estimate of drug-likeness (QED) is 0.0515. The number of aliphatic carboxylic acids is 1. The first-order chi connectivity index (χ1) is 24.9. The first-order valence-electron chi connectivity index (χ1n) is 18.8. The van der Waals surface area contributed by atoms with Crippen LogP contribution < -0.4 is 37.5 Å². The molecule has 4 amide bonds. The van der Waals surface area contributed by atoms with Crippen molar-refractivity contribution >= 4 is 35.6 Å². The Hall–Kier alpha value is -4.24. The molecule has 1 aromatic rings. The lowest BCUT2D eigenvalue weighted by molar-refractivity contribution is -0.142. The predicted molar refractivity (Wildman–Crippen MR) is 198 cm³/mol. The van der Waals surface area contributed by atoms with E-state index < -0.39 is 30.1 Å². The second-order valence-electron chi connectivity index (χ2n) is 13.0. The highest BCUT2D eigenvalue weighted by Gasteiger charge is 2.21. The zero-order valence-corrected chi connectivity index (χ0v) is 30.8. The zero-order chi connectivity index (χ0) is 38.6. The Labute approximate surface area is 307 Å². The Balaban J connectivity index is 2.06. The second kappa shape index (κ2) is 28.4. The van der Waals surface area contributed by atoms with Crippen LogP contribution >= 0.6 is 0 Å². The summed E-state index contributed by atoms with van der Waals surface area (Å²) in [7, 11) is 0. The van der Waals surface area contributed by atoms with Crippen molar-refractivity contribution in [2.45, 2.75) is 134 Å².